The molecular formula is C14H22N2O2S3. The maximum atomic E-state index is 12.5. The first-order chi connectivity index (χ1) is 9.90. The Morgan fingerprint density at radius 2 is 2.19 bits per heavy atom. The molecule has 2 unspecified atom stereocenters. The first-order valence-electron chi connectivity index (χ1n) is 6.99. The van der Waals surface area contributed by atoms with Gasteiger partial charge in [0.1, 0.15) is 0 Å². The van der Waals surface area contributed by atoms with Crippen LogP contribution in [0.1, 0.15) is 13.8 Å². The van der Waals surface area contributed by atoms with Crippen LogP contribution in [0.5, 0.6) is 0 Å². The van der Waals surface area contributed by atoms with Crippen LogP contribution in [0.25, 0.3) is 0 Å². The van der Waals surface area contributed by atoms with E-state index in [2.05, 4.69) is 6.92 Å². The van der Waals surface area contributed by atoms with E-state index < -0.39 is 10.0 Å². The van der Waals surface area contributed by atoms with Crippen LogP contribution in [0.3, 0.4) is 0 Å². The largest absolute Gasteiger partial charge is 0.399 e. The van der Waals surface area contributed by atoms with Gasteiger partial charge in [-0.25, -0.2) is 8.42 Å². The van der Waals surface area contributed by atoms with Gasteiger partial charge in [-0.2, -0.15) is 16.1 Å². The molecular weight excluding hydrogens is 324 g/mol. The number of hydrogen-bond donors (Lipinski definition) is 1. The van der Waals surface area contributed by atoms with E-state index in [9.17, 15) is 8.42 Å². The minimum absolute atomic E-state index is 0.0751. The van der Waals surface area contributed by atoms with Crippen LogP contribution in [0.2, 0.25) is 0 Å². The second kappa shape index (κ2) is 7.26. The third-order valence-corrected chi connectivity index (χ3v) is 8.19. The lowest BCUT2D eigenvalue weighted by Gasteiger charge is -2.36. The number of benzene rings is 1. The van der Waals surface area contributed by atoms with E-state index in [1.165, 1.54) is 11.8 Å². The summed E-state index contributed by atoms with van der Waals surface area (Å²) in [6.45, 7) is 4.72. The maximum absolute atomic E-state index is 12.5. The summed E-state index contributed by atoms with van der Waals surface area (Å²) in [5.41, 5.74) is 6.43. The van der Waals surface area contributed by atoms with Crippen LogP contribution in [0.15, 0.2) is 29.2 Å². The van der Waals surface area contributed by atoms with Crippen LogP contribution >= 0.6 is 23.5 Å². The molecule has 1 fully saturated rings. The van der Waals surface area contributed by atoms with Gasteiger partial charge in [0, 0.05) is 39.9 Å². The molecule has 0 amide bonds. The number of nitrogens with two attached hydrogens (primary N) is 1. The summed E-state index contributed by atoms with van der Waals surface area (Å²) in [7, 11) is -3.18. The van der Waals surface area contributed by atoms with Crippen molar-refractivity contribution in [1.82, 2.24) is 4.31 Å². The molecule has 1 aromatic rings. The molecule has 0 radical (unpaired) electrons. The van der Waals surface area contributed by atoms with Crippen molar-refractivity contribution < 1.29 is 8.42 Å². The minimum Gasteiger partial charge on any atom is -0.399 e. The topological polar surface area (TPSA) is 63.4 Å². The molecule has 0 saturated carbocycles. The predicted molar refractivity (Wildman–Crippen MR) is 93.5 cm³/mol. The molecule has 1 saturated heterocycles. The first kappa shape index (κ1) is 17.0. The second-order valence-corrected chi connectivity index (χ2v) is 9.86. The summed E-state index contributed by atoms with van der Waals surface area (Å²) in [4.78, 5) is 1.01. The summed E-state index contributed by atoms with van der Waals surface area (Å²) in [6.07, 6.45) is 0. The van der Waals surface area contributed by atoms with Gasteiger partial charge in [-0.05, 0) is 25.1 Å². The molecule has 118 valence electrons. The Bertz CT molecular complexity index is 577. The zero-order valence-corrected chi connectivity index (χ0v) is 14.8. The van der Waals surface area contributed by atoms with Gasteiger partial charge in [0.05, 0.1) is 5.75 Å². The van der Waals surface area contributed by atoms with Crippen molar-refractivity contribution in [3.63, 3.8) is 0 Å². The number of anilines is 1. The van der Waals surface area contributed by atoms with Crippen molar-refractivity contribution in [1.29, 1.82) is 0 Å². The average Bonchev–Trinajstić information content (AvgIpc) is 2.41. The lowest BCUT2D eigenvalue weighted by molar-refractivity contribution is 0.341. The Balaban J connectivity index is 1.92. The smallest absolute Gasteiger partial charge is 0.215 e. The van der Waals surface area contributed by atoms with Gasteiger partial charge in [0.2, 0.25) is 10.0 Å². The number of nitrogens with zero attached hydrogens (tertiary/aromatic N) is 1. The van der Waals surface area contributed by atoms with Crippen LogP contribution in [-0.4, -0.2) is 47.8 Å². The molecule has 1 heterocycles. The summed E-state index contributed by atoms with van der Waals surface area (Å²) in [6, 6.07) is 7.62. The van der Waals surface area contributed by atoms with E-state index >= 15 is 0 Å². The highest BCUT2D eigenvalue weighted by Crippen LogP contribution is 2.27. The number of rotatable bonds is 5. The van der Waals surface area contributed by atoms with Crippen LogP contribution in [-0.2, 0) is 10.0 Å². The Labute approximate surface area is 135 Å². The molecule has 1 aromatic carbocycles. The van der Waals surface area contributed by atoms with Gasteiger partial charge in [-0.15, -0.1) is 11.8 Å². The predicted octanol–water partition coefficient (Wildman–Crippen LogP) is 2.52. The number of sulfonamides is 1. The van der Waals surface area contributed by atoms with E-state index in [0.29, 0.717) is 23.2 Å². The van der Waals surface area contributed by atoms with Crippen LogP contribution < -0.4 is 5.73 Å². The van der Waals surface area contributed by atoms with Crippen LogP contribution in [0, 0.1) is 0 Å². The Morgan fingerprint density at radius 1 is 1.43 bits per heavy atom. The highest BCUT2D eigenvalue weighted by Gasteiger charge is 2.33. The molecule has 0 aliphatic carbocycles. The maximum Gasteiger partial charge on any atom is 0.215 e. The summed E-state index contributed by atoms with van der Waals surface area (Å²) >= 11 is 3.38. The van der Waals surface area contributed by atoms with E-state index in [4.69, 9.17) is 5.73 Å². The van der Waals surface area contributed by atoms with Gasteiger partial charge >= 0.3 is 0 Å². The number of hydrogen-bond acceptors (Lipinski definition) is 5. The quantitative estimate of drug-likeness (QED) is 0.656. The zero-order valence-electron chi connectivity index (χ0n) is 12.4. The molecule has 2 rings (SSSR count). The standard InChI is InChI=1S/C14H22N2O2S3/c1-11-12(2)19-7-6-16(11)21(17,18)9-8-20-14-5-3-4-13(15)10-14/h3-5,10-12H,6-9,15H2,1-2H3. The fourth-order valence-corrected chi connectivity index (χ4v) is 6.68. The Hall–Kier alpha value is -0.370. The second-order valence-electron chi connectivity index (χ2n) is 5.16. The molecule has 4 nitrogen and oxygen atoms in total. The average molecular weight is 347 g/mol. The summed E-state index contributed by atoms with van der Waals surface area (Å²) in [5.74, 6) is 1.61. The summed E-state index contributed by atoms with van der Waals surface area (Å²) in [5, 5.41) is 0.357. The van der Waals surface area contributed by atoms with E-state index in [1.807, 2.05) is 43.0 Å². The molecule has 2 atom stereocenters. The van der Waals surface area contributed by atoms with Gasteiger partial charge in [0.25, 0.3) is 0 Å². The molecule has 1 aliphatic rings. The van der Waals surface area contributed by atoms with Crippen molar-refractivity contribution in [2.75, 3.05) is 29.5 Å². The van der Waals surface area contributed by atoms with Crippen molar-refractivity contribution in [2.24, 2.45) is 0 Å². The van der Waals surface area contributed by atoms with Gasteiger partial charge < -0.3 is 5.73 Å². The lowest BCUT2D eigenvalue weighted by Crippen LogP contribution is -2.48. The third kappa shape index (κ3) is 4.55. The Kier molecular flexibility index (Phi) is 5.88. The third-order valence-electron chi connectivity index (χ3n) is 3.65. The number of thioether (sulfide) groups is 2. The van der Waals surface area contributed by atoms with Gasteiger partial charge in [-0.1, -0.05) is 13.0 Å². The van der Waals surface area contributed by atoms with Crippen molar-refractivity contribution >= 4 is 39.2 Å². The molecule has 1 aliphatic heterocycles. The van der Waals surface area contributed by atoms with E-state index in [0.717, 1.165) is 10.6 Å². The van der Waals surface area contributed by atoms with Crippen molar-refractivity contribution in [2.45, 2.75) is 30.0 Å². The molecule has 21 heavy (non-hydrogen) atoms. The highest BCUT2D eigenvalue weighted by atomic mass is 32.2. The molecule has 7 heteroatoms. The molecule has 2 N–H and O–H groups in total. The SMILES string of the molecule is CC1SCCN(S(=O)(=O)CCSc2cccc(N)c2)C1C. The fraction of sp³-hybridized carbons (Fsp3) is 0.571. The van der Waals surface area contributed by atoms with E-state index in [-0.39, 0.29) is 11.8 Å². The summed E-state index contributed by atoms with van der Waals surface area (Å²) < 4.78 is 26.6. The monoisotopic (exact) mass is 346 g/mol. The van der Waals surface area contributed by atoms with Gasteiger partial charge in [0.15, 0.2) is 0 Å². The normalized spacial score (nSPS) is 24.1. The van der Waals surface area contributed by atoms with Crippen LogP contribution in [0.4, 0.5) is 5.69 Å². The Morgan fingerprint density at radius 3 is 2.90 bits per heavy atom. The van der Waals surface area contributed by atoms with Gasteiger partial charge in [-0.3, -0.25) is 0 Å². The fourth-order valence-electron chi connectivity index (χ4n) is 2.28. The van der Waals surface area contributed by atoms with E-state index in [1.54, 1.807) is 4.31 Å². The number of nitrogen functional groups attached to an aromatic ring is 1. The van der Waals surface area contributed by atoms with Crippen molar-refractivity contribution in [3.8, 4) is 0 Å². The molecule has 0 bridgehead atoms. The molecule has 0 spiro atoms. The van der Waals surface area contributed by atoms with Crippen molar-refractivity contribution in [3.05, 3.63) is 24.3 Å². The first-order valence-corrected chi connectivity index (χ1v) is 10.6. The lowest BCUT2D eigenvalue weighted by atomic mass is 10.2. The minimum atomic E-state index is -3.18. The zero-order chi connectivity index (χ0) is 15.5. The molecule has 0 aromatic heterocycles. The highest BCUT2D eigenvalue weighted by molar-refractivity contribution is 8.01.